The van der Waals surface area contributed by atoms with Crippen LogP contribution in [0.4, 0.5) is 0 Å². The van der Waals surface area contributed by atoms with E-state index in [-0.39, 0.29) is 6.04 Å². The van der Waals surface area contributed by atoms with Crippen molar-refractivity contribution in [2.24, 2.45) is 0 Å². The highest BCUT2D eigenvalue weighted by atomic mass is 32.2. The Kier molecular flexibility index (Phi) is 5.51. The van der Waals surface area contributed by atoms with Crippen molar-refractivity contribution >= 4 is 21.4 Å². The van der Waals surface area contributed by atoms with Crippen LogP contribution in [0.5, 0.6) is 0 Å². The summed E-state index contributed by atoms with van der Waals surface area (Å²) in [6.07, 6.45) is 4.76. The SMILES string of the molecule is CCC(NS(=O)(=O)c1ccc(CCNC)s1)c1ncc[nH]1. The van der Waals surface area contributed by atoms with Crippen LogP contribution in [0.1, 0.15) is 30.1 Å². The third-order valence-electron chi connectivity index (χ3n) is 3.08. The van der Waals surface area contributed by atoms with Gasteiger partial charge in [0, 0.05) is 17.3 Å². The summed E-state index contributed by atoms with van der Waals surface area (Å²) in [5.41, 5.74) is 0. The van der Waals surface area contributed by atoms with E-state index < -0.39 is 10.0 Å². The molecule has 0 spiro atoms. The molecule has 8 heteroatoms. The van der Waals surface area contributed by atoms with Crippen molar-refractivity contribution in [2.45, 2.75) is 30.0 Å². The molecule has 2 aromatic heterocycles. The second-order valence-electron chi connectivity index (χ2n) is 4.63. The number of hydrogen-bond donors (Lipinski definition) is 3. The van der Waals surface area contributed by atoms with E-state index in [1.165, 1.54) is 11.3 Å². The van der Waals surface area contributed by atoms with Gasteiger partial charge in [0.1, 0.15) is 10.0 Å². The molecule has 116 valence electrons. The first-order valence-corrected chi connectivity index (χ1v) is 9.11. The minimum absolute atomic E-state index is 0.340. The van der Waals surface area contributed by atoms with Crippen molar-refractivity contribution in [1.29, 1.82) is 0 Å². The van der Waals surface area contributed by atoms with Crippen molar-refractivity contribution in [3.8, 4) is 0 Å². The molecule has 2 heterocycles. The Labute approximate surface area is 129 Å². The molecule has 0 aliphatic rings. The Bertz CT molecular complexity index is 650. The van der Waals surface area contributed by atoms with E-state index in [4.69, 9.17) is 0 Å². The van der Waals surface area contributed by atoms with Crippen molar-refractivity contribution < 1.29 is 8.42 Å². The van der Waals surface area contributed by atoms with Crippen LogP contribution in [-0.2, 0) is 16.4 Å². The van der Waals surface area contributed by atoms with Gasteiger partial charge in [0.05, 0.1) is 6.04 Å². The molecule has 0 amide bonds. The van der Waals surface area contributed by atoms with Crippen molar-refractivity contribution in [3.63, 3.8) is 0 Å². The zero-order valence-corrected chi connectivity index (χ0v) is 13.7. The minimum atomic E-state index is -3.51. The van der Waals surface area contributed by atoms with Gasteiger partial charge in [0.15, 0.2) is 0 Å². The Balaban J connectivity index is 2.12. The summed E-state index contributed by atoms with van der Waals surface area (Å²) in [4.78, 5) is 8.13. The molecule has 0 aliphatic carbocycles. The number of aromatic nitrogens is 2. The number of thiophene rings is 1. The van der Waals surface area contributed by atoms with Gasteiger partial charge in [-0.05, 0) is 38.6 Å². The molecule has 0 saturated carbocycles. The van der Waals surface area contributed by atoms with E-state index in [1.807, 2.05) is 20.0 Å². The summed E-state index contributed by atoms with van der Waals surface area (Å²) < 4.78 is 27.9. The molecule has 1 unspecified atom stereocenters. The fraction of sp³-hybridized carbons (Fsp3) is 0.462. The molecular formula is C13H20N4O2S2. The van der Waals surface area contributed by atoms with Gasteiger partial charge in [-0.1, -0.05) is 6.92 Å². The van der Waals surface area contributed by atoms with Crippen LogP contribution in [0.2, 0.25) is 0 Å². The van der Waals surface area contributed by atoms with E-state index in [1.54, 1.807) is 18.5 Å². The maximum Gasteiger partial charge on any atom is 0.250 e. The summed E-state index contributed by atoms with van der Waals surface area (Å²) in [6, 6.07) is 3.19. The predicted octanol–water partition coefficient (Wildman–Crippen LogP) is 1.66. The molecule has 2 rings (SSSR count). The number of H-pyrrole nitrogens is 1. The smallest absolute Gasteiger partial charge is 0.250 e. The largest absolute Gasteiger partial charge is 0.347 e. The lowest BCUT2D eigenvalue weighted by Crippen LogP contribution is -2.28. The molecule has 0 fully saturated rings. The zero-order chi connectivity index (χ0) is 15.3. The van der Waals surface area contributed by atoms with Gasteiger partial charge in [0.2, 0.25) is 0 Å². The predicted molar refractivity (Wildman–Crippen MR) is 83.9 cm³/mol. The van der Waals surface area contributed by atoms with Gasteiger partial charge in [-0.25, -0.2) is 13.4 Å². The second kappa shape index (κ2) is 7.17. The first-order chi connectivity index (χ1) is 10.1. The fourth-order valence-corrected chi connectivity index (χ4v) is 4.59. The Morgan fingerprint density at radius 3 is 2.86 bits per heavy atom. The molecule has 1 atom stereocenters. The number of rotatable bonds is 8. The molecule has 2 aromatic rings. The molecule has 6 nitrogen and oxygen atoms in total. The summed E-state index contributed by atoms with van der Waals surface area (Å²) in [6.45, 7) is 2.75. The first kappa shape index (κ1) is 16.2. The minimum Gasteiger partial charge on any atom is -0.347 e. The van der Waals surface area contributed by atoms with E-state index in [2.05, 4.69) is 20.0 Å². The average molecular weight is 328 g/mol. The fourth-order valence-electron chi connectivity index (χ4n) is 1.93. The number of nitrogens with one attached hydrogen (secondary N) is 3. The van der Waals surface area contributed by atoms with Gasteiger partial charge in [0.25, 0.3) is 10.0 Å². The third kappa shape index (κ3) is 4.13. The topological polar surface area (TPSA) is 86.9 Å². The number of aromatic amines is 1. The van der Waals surface area contributed by atoms with Crippen LogP contribution in [-0.4, -0.2) is 32.0 Å². The van der Waals surface area contributed by atoms with Crippen molar-refractivity contribution in [1.82, 2.24) is 20.0 Å². The second-order valence-corrected chi connectivity index (χ2v) is 7.74. The zero-order valence-electron chi connectivity index (χ0n) is 12.1. The van der Waals surface area contributed by atoms with E-state index in [0.717, 1.165) is 17.8 Å². The number of sulfonamides is 1. The van der Waals surface area contributed by atoms with E-state index >= 15 is 0 Å². The van der Waals surface area contributed by atoms with Gasteiger partial charge in [-0.3, -0.25) is 0 Å². The molecule has 0 saturated heterocycles. The monoisotopic (exact) mass is 328 g/mol. The maximum absolute atomic E-state index is 12.4. The van der Waals surface area contributed by atoms with Crippen LogP contribution < -0.4 is 10.0 Å². The molecule has 3 N–H and O–H groups in total. The Morgan fingerprint density at radius 2 is 2.24 bits per heavy atom. The molecule has 0 radical (unpaired) electrons. The highest BCUT2D eigenvalue weighted by Gasteiger charge is 2.23. The van der Waals surface area contributed by atoms with Crippen LogP contribution >= 0.6 is 11.3 Å². The standard InChI is InChI=1S/C13H20N4O2S2/c1-3-11(13-15-8-9-16-13)17-21(18,19)12-5-4-10(20-12)6-7-14-2/h4-5,8-9,11,14,17H,3,6-7H2,1-2H3,(H,15,16). The van der Waals surface area contributed by atoms with Gasteiger partial charge >= 0.3 is 0 Å². The quantitative estimate of drug-likeness (QED) is 0.688. The highest BCUT2D eigenvalue weighted by Crippen LogP contribution is 2.24. The van der Waals surface area contributed by atoms with Gasteiger partial charge in [-0.15, -0.1) is 11.3 Å². The summed E-state index contributed by atoms with van der Waals surface area (Å²) in [7, 11) is -1.64. The van der Waals surface area contributed by atoms with E-state index in [0.29, 0.717) is 16.5 Å². The molecule has 0 aromatic carbocycles. The van der Waals surface area contributed by atoms with E-state index in [9.17, 15) is 8.42 Å². The third-order valence-corrected chi connectivity index (χ3v) is 6.19. The van der Waals surface area contributed by atoms with Crippen molar-refractivity contribution in [2.75, 3.05) is 13.6 Å². The molecule has 0 bridgehead atoms. The normalized spacial score (nSPS) is 13.4. The van der Waals surface area contributed by atoms with Crippen LogP contribution in [0.25, 0.3) is 0 Å². The van der Waals surface area contributed by atoms with Crippen molar-refractivity contribution in [3.05, 3.63) is 35.2 Å². The molecule has 0 aliphatic heterocycles. The lowest BCUT2D eigenvalue weighted by Gasteiger charge is -2.13. The lowest BCUT2D eigenvalue weighted by atomic mass is 10.2. The summed E-state index contributed by atoms with van der Waals surface area (Å²) in [5.74, 6) is 0.632. The van der Waals surface area contributed by atoms with Gasteiger partial charge < -0.3 is 10.3 Å². The Hall–Kier alpha value is -1.22. The number of hydrogen-bond acceptors (Lipinski definition) is 5. The number of nitrogens with zero attached hydrogens (tertiary/aromatic N) is 1. The molecular weight excluding hydrogens is 308 g/mol. The van der Waals surface area contributed by atoms with Crippen LogP contribution in [0.3, 0.4) is 0 Å². The highest BCUT2D eigenvalue weighted by molar-refractivity contribution is 7.91. The lowest BCUT2D eigenvalue weighted by molar-refractivity contribution is 0.541. The summed E-state index contributed by atoms with van der Waals surface area (Å²) >= 11 is 1.31. The first-order valence-electron chi connectivity index (χ1n) is 6.81. The van der Waals surface area contributed by atoms with Crippen LogP contribution in [0, 0.1) is 0 Å². The summed E-state index contributed by atoms with van der Waals surface area (Å²) in [5, 5.41) is 3.05. The number of imidazole rings is 1. The number of likely N-dealkylation sites (N-methyl/N-ethyl adjacent to an activating group) is 1. The molecule has 21 heavy (non-hydrogen) atoms. The maximum atomic E-state index is 12.4. The van der Waals surface area contributed by atoms with Gasteiger partial charge in [-0.2, -0.15) is 4.72 Å². The Morgan fingerprint density at radius 1 is 1.43 bits per heavy atom. The average Bonchev–Trinajstić information content (AvgIpc) is 3.13. The van der Waals surface area contributed by atoms with Crippen LogP contribution in [0.15, 0.2) is 28.7 Å².